The van der Waals surface area contributed by atoms with Crippen molar-refractivity contribution in [3.63, 3.8) is 0 Å². The van der Waals surface area contributed by atoms with Gasteiger partial charge in [-0.25, -0.2) is 9.97 Å². The first-order valence-corrected chi connectivity index (χ1v) is 7.46. The average molecular weight is 262 g/mol. The molecular formula is C15H26N4. The molecule has 4 heteroatoms. The Labute approximate surface area is 116 Å². The molecule has 4 nitrogen and oxygen atoms in total. The van der Waals surface area contributed by atoms with Gasteiger partial charge in [0.2, 0.25) is 0 Å². The second-order valence-electron chi connectivity index (χ2n) is 5.72. The molecule has 1 saturated carbocycles. The molecule has 1 aliphatic rings. The molecule has 2 rings (SSSR count). The van der Waals surface area contributed by atoms with Crippen LogP contribution in [0.2, 0.25) is 0 Å². The number of aryl methyl sites for hydroxylation is 1. The zero-order valence-corrected chi connectivity index (χ0v) is 12.5. The molecule has 19 heavy (non-hydrogen) atoms. The van der Waals surface area contributed by atoms with Gasteiger partial charge in [-0.15, -0.1) is 0 Å². The number of hydrogen-bond acceptors (Lipinski definition) is 4. The summed E-state index contributed by atoms with van der Waals surface area (Å²) >= 11 is 0. The highest BCUT2D eigenvalue weighted by molar-refractivity contribution is 5.48. The Bertz CT molecular complexity index is 419. The van der Waals surface area contributed by atoms with Crippen LogP contribution in [0.4, 0.5) is 11.6 Å². The maximum Gasteiger partial charge on any atom is 0.133 e. The van der Waals surface area contributed by atoms with Crippen molar-refractivity contribution in [3.05, 3.63) is 11.9 Å². The van der Waals surface area contributed by atoms with Crippen molar-refractivity contribution < 1.29 is 0 Å². The van der Waals surface area contributed by atoms with Crippen LogP contribution in [0.15, 0.2) is 6.07 Å². The monoisotopic (exact) mass is 262 g/mol. The first-order chi connectivity index (χ1) is 9.13. The predicted octanol–water partition coefficient (Wildman–Crippen LogP) is 3.32. The fourth-order valence-electron chi connectivity index (χ4n) is 2.79. The number of rotatable bonds is 5. The lowest BCUT2D eigenvalue weighted by Gasteiger charge is -2.20. The van der Waals surface area contributed by atoms with Crippen molar-refractivity contribution in [3.8, 4) is 0 Å². The maximum atomic E-state index is 4.63. The summed E-state index contributed by atoms with van der Waals surface area (Å²) in [5.41, 5.74) is 0. The molecule has 3 unspecified atom stereocenters. The van der Waals surface area contributed by atoms with Crippen molar-refractivity contribution in [2.45, 2.75) is 52.5 Å². The molecule has 0 amide bonds. The Balaban J connectivity index is 2.12. The zero-order chi connectivity index (χ0) is 13.8. The van der Waals surface area contributed by atoms with E-state index in [4.69, 9.17) is 0 Å². The maximum absolute atomic E-state index is 4.63. The highest BCUT2D eigenvalue weighted by atomic mass is 15.1. The second-order valence-corrected chi connectivity index (χ2v) is 5.72. The van der Waals surface area contributed by atoms with Crippen molar-refractivity contribution >= 4 is 11.6 Å². The van der Waals surface area contributed by atoms with E-state index in [0.717, 1.165) is 36.2 Å². The minimum atomic E-state index is 0.545. The number of anilines is 2. The normalized spacial score (nSPS) is 26.4. The van der Waals surface area contributed by atoms with Gasteiger partial charge < -0.3 is 10.6 Å². The van der Waals surface area contributed by atoms with Gasteiger partial charge in [0.15, 0.2) is 0 Å². The third-order valence-electron chi connectivity index (χ3n) is 4.30. The van der Waals surface area contributed by atoms with Crippen LogP contribution in [0.25, 0.3) is 0 Å². The molecule has 1 aromatic rings. The molecular weight excluding hydrogens is 236 g/mol. The van der Waals surface area contributed by atoms with Crippen LogP contribution in [0.3, 0.4) is 0 Å². The lowest BCUT2D eigenvalue weighted by molar-refractivity contribution is 0.435. The van der Waals surface area contributed by atoms with E-state index in [1.165, 1.54) is 12.8 Å². The fraction of sp³-hybridized carbons (Fsp3) is 0.733. The Hall–Kier alpha value is -1.32. The summed E-state index contributed by atoms with van der Waals surface area (Å²) < 4.78 is 0. The van der Waals surface area contributed by atoms with Crippen molar-refractivity contribution in [1.29, 1.82) is 0 Å². The molecule has 106 valence electrons. The molecule has 0 spiro atoms. The quantitative estimate of drug-likeness (QED) is 0.854. The van der Waals surface area contributed by atoms with Crippen LogP contribution in [-0.2, 0) is 6.42 Å². The van der Waals surface area contributed by atoms with Crippen molar-refractivity contribution in [1.82, 2.24) is 9.97 Å². The summed E-state index contributed by atoms with van der Waals surface area (Å²) in [5, 5.41) is 6.72. The Morgan fingerprint density at radius 2 is 1.95 bits per heavy atom. The Kier molecular flexibility index (Phi) is 4.61. The summed E-state index contributed by atoms with van der Waals surface area (Å²) in [6.07, 6.45) is 4.55. The minimum Gasteiger partial charge on any atom is -0.373 e. The summed E-state index contributed by atoms with van der Waals surface area (Å²) in [5.74, 6) is 4.31. The Morgan fingerprint density at radius 3 is 2.53 bits per heavy atom. The molecule has 0 bridgehead atoms. The smallest absolute Gasteiger partial charge is 0.133 e. The van der Waals surface area contributed by atoms with Gasteiger partial charge in [-0.2, -0.15) is 0 Å². The first kappa shape index (κ1) is 14.1. The van der Waals surface area contributed by atoms with Gasteiger partial charge in [0.1, 0.15) is 17.5 Å². The van der Waals surface area contributed by atoms with Gasteiger partial charge in [0.25, 0.3) is 0 Å². The lowest BCUT2D eigenvalue weighted by Crippen LogP contribution is -2.25. The Morgan fingerprint density at radius 1 is 1.21 bits per heavy atom. The van der Waals surface area contributed by atoms with E-state index in [1.807, 2.05) is 13.1 Å². The van der Waals surface area contributed by atoms with Gasteiger partial charge in [0, 0.05) is 25.6 Å². The van der Waals surface area contributed by atoms with Crippen LogP contribution in [0.1, 0.15) is 45.9 Å². The molecule has 0 aromatic carbocycles. The lowest BCUT2D eigenvalue weighted by atomic mass is 9.98. The SMILES string of the molecule is CCCc1nc(NC)cc(NC2CCC(C)C2C)n1. The predicted molar refractivity (Wildman–Crippen MR) is 80.5 cm³/mol. The minimum absolute atomic E-state index is 0.545. The number of nitrogens with one attached hydrogen (secondary N) is 2. The van der Waals surface area contributed by atoms with Gasteiger partial charge in [-0.3, -0.25) is 0 Å². The van der Waals surface area contributed by atoms with Crippen LogP contribution >= 0.6 is 0 Å². The first-order valence-electron chi connectivity index (χ1n) is 7.46. The third-order valence-corrected chi connectivity index (χ3v) is 4.30. The number of hydrogen-bond donors (Lipinski definition) is 2. The van der Waals surface area contributed by atoms with E-state index in [9.17, 15) is 0 Å². The topological polar surface area (TPSA) is 49.8 Å². The van der Waals surface area contributed by atoms with Crippen molar-refractivity contribution in [2.75, 3.05) is 17.7 Å². The van der Waals surface area contributed by atoms with Gasteiger partial charge in [0.05, 0.1) is 0 Å². The molecule has 0 saturated heterocycles. The summed E-state index contributed by atoms with van der Waals surface area (Å²) in [6.45, 7) is 6.83. The number of nitrogens with zero attached hydrogens (tertiary/aromatic N) is 2. The van der Waals surface area contributed by atoms with E-state index >= 15 is 0 Å². The summed E-state index contributed by atoms with van der Waals surface area (Å²) in [6, 6.07) is 2.55. The molecule has 2 N–H and O–H groups in total. The molecule has 3 atom stereocenters. The average Bonchev–Trinajstić information content (AvgIpc) is 2.71. The van der Waals surface area contributed by atoms with Gasteiger partial charge in [-0.1, -0.05) is 20.8 Å². The van der Waals surface area contributed by atoms with E-state index < -0.39 is 0 Å². The number of aromatic nitrogens is 2. The highest BCUT2D eigenvalue weighted by Gasteiger charge is 2.29. The molecule has 0 aliphatic heterocycles. The van der Waals surface area contributed by atoms with E-state index in [1.54, 1.807) is 0 Å². The van der Waals surface area contributed by atoms with E-state index in [2.05, 4.69) is 41.4 Å². The van der Waals surface area contributed by atoms with Gasteiger partial charge in [-0.05, 0) is 31.1 Å². The second kappa shape index (κ2) is 6.22. The molecule has 1 aliphatic carbocycles. The summed E-state index contributed by atoms with van der Waals surface area (Å²) in [4.78, 5) is 9.12. The standard InChI is InChI=1S/C15H26N4/c1-5-6-13-18-14(16-4)9-15(19-13)17-12-8-7-10(2)11(12)3/h9-12H,5-8H2,1-4H3,(H2,16,17,18,19). The van der Waals surface area contributed by atoms with Gasteiger partial charge >= 0.3 is 0 Å². The van der Waals surface area contributed by atoms with Crippen molar-refractivity contribution in [2.24, 2.45) is 11.8 Å². The van der Waals surface area contributed by atoms with Crippen LogP contribution in [-0.4, -0.2) is 23.1 Å². The molecule has 1 fully saturated rings. The molecule has 0 radical (unpaired) electrons. The highest BCUT2D eigenvalue weighted by Crippen LogP contribution is 2.33. The van der Waals surface area contributed by atoms with E-state index in [0.29, 0.717) is 12.0 Å². The fourth-order valence-corrected chi connectivity index (χ4v) is 2.79. The van der Waals surface area contributed by atoms with Crippen LogP contribution in [0.5, 0.6) is 0 Å². The summed E-state index contributed by atoms with van der Waals surface area (Å²) in [7, 11) is 1.90. The molecule has 1 heterocycles. The molecule has 1 aromatic heterocycles. The largest absolute Gasteiger partial charge is 0.373 e. The van der Waals surface area contributed by atoms with E-state index in [-0.39, 0.29) is 0 Å². The third kappa shape index (κ3) is 3.37. The zero-order valence-electron chi connectivity index (χ0n) is 12.5. The van der Waals surface area contributed by atoms with Crippen LogP contribution in [0, 0.1) is 11.8 Å². The van der Waals surface area contributed by atoms with Crippen LogP contribution < -0.4 is 10.6 Å².